The van der Waals surface area contributed by atoms with Crippen molar-refractivity contribution in [3.63, 3.8) is 0 Å². The van der Waals surface area contributed by atoms with E-state index in [0.717, 1.165) is 16.8 Å². The average Bonchev–Trinajstić information content (AvgIpc) is 2.46. The van der Waals surface area contributed by atoms with Gasteiger partial charge in [-0.1, -0.05) is 41.9 Å². The van der Waals surface area contributed by atoms with Crippen LogP contribution in [0.25, 0.3) is 0 Å². The van der Waals surface area contributed by atoms with E-state index in [-0.39, 0.29) is 12.3 Å². The lowest BCUT2D eigenvalue weighted by molar-refractivity contribution is -0.118. The summed E-state index contributed by atoms with van der Waals surface area (Å²) in [5.74, 6) is -0.0246. The van der Waals surface area contributed by atoms with E-state index in [1.54, 1.807) is 17.0 Å². The Morgan fingerprint density at radius 1 is 1.24 bits per heavy atom. The van der Waals surface area contributed by atoms with Gasteiger partial charge in [0.1, 0.15) is 0 Å². The number of carbonyl (C=O) groups is 1. The summed E-state index contributed by atoms with van der Waals surface area (Å²) in [5, 5.41) is 10.6. The molecule has 1 atom stereocenters. The Morgan fingerprint density at radius 2 is 2.05 bits per heavy atom. The van der Waals surface area contributed by atoms with Crippen molar-refractivity contribution in [1.82, 2.24) is 0 Å². The molecule has 0 aliphatic carbocycles. The standard InChI is InChI=1S/C17H16ClNO2/c18-14-6-3-4-12(8-14)9-17(21)19-11-15(20)10-13-5-1-2-7-16(13)19/h1-8,15,20H,9-11H2. The minimum absolute atomic E-state index is 0.0246. The van der Waals surface area contributed by atoms with E-state index in [9.17, 15) is 9.90 Å². The van der Waals surface area contributed by atoms with Crippen molar-refractivity contribution in [2.24, 2.45) is 0 Å². The van der Waals surface area contributed by atoms with Crippen LogP contribution < -0.4 is 4.90 Å². The number of halogens is 1. The summed E-state index contributed by atoms with van der Waals surface area (Å²) in [7, 11) is 0. The molecule has 1 N–H and O–H groups in total. The number of anilines is 1. The van der Waals surface area contributed by atoms with E-state index in [2.05, 4.69) is 0 Å². The SMILES string of the molecule is O=C(Cc1cccc(Cl)c1)N1CC(O)Cc2ccccc21. The van der Waals surface area contributed by atoms with Crippen molar-refractivity contribution in [2.45, 2.75) is 18.9 Å². The molecule has 1 aliphatic rings. The van der Waals surface area contributed by atoms with Crippen LogP contribution in [0.1, 0.15) is 11.1 Å². The van der Waals surface area contributed by atoms with Crippen LogP contribution in [0.5, 0.6) is 0 Å². The number of para-hydroxylation sites is 1. The molecule has 0 saturated carbocycles. The molecular formula is C17H16ClNO2. The molecule has 1 amide bonds. The summed E-state index contributed by atoms with van der Waals surface area (Å²) in [4.78, 5) is 14.2. The maximum absolute atomic E-state index is 12.6. The van der Waals surface area contributed by atoms with Crippen molar-refractivity contribution in [2.75, 3.05) is 11.4 Å². The van der Waals surface area contributed by atoms with E-state index in [4.69, 9.17) is 11.6 Å². The summed E-state index contributed by atoms with van der Waals surface area (Å²) in [6.07, 6.45) is 0.363. The number of aliphatic hydroxyl groups is 1. The number of aliphatic hydroxyl groups excluding tert-OH is 1. The number of benzene rings is 2. The topological polar surface area (TPSA) is 40.5 Å². The van der Waals surface area contributed by atoms with Crippen LogP contribution in [0.2, 0.25) is 5.02 Å². The Hall–Kier alpha value is -1.84. The van der Waals surface area contributed by atoms with Crippen LogP contribution in [0.15, 0.2) is 48.5 Å². The van der Waals surface area contributed by atoms with Gasteiger partial charge < -0.3 is 10.0 Å². The second-order valence-electron chi connectivity index (χ2n) is 5.30. The first-order chi connectivity index (χ1) is 10.1. The molecule has 0 fully saturated rings. The number of rotatable bonds is 2. The molecule has 0 spiro atoms. The molecule has 2 aromatic rings. The highest BCUT2D eigenvalue weighted by Crippen LogP contribution is 2.27. The second-order valence-corrected chi connectivity index (χ2v) is 5.73. The molecule has 4 heteroatoms. The van der Waals surface area contributed by atoms with Gasteiger partial charge in [0.2, 0.25) is 5.91 Å². The zero-order valence-corrected chi connectivity index (χ0v) is 12.3. The van der Waals surface area contributed by atoms with Gasteiger partial charge in [0.25, 0.3) is 0 Å². The number of nitrogens with zero attached hydrogens (tertiary/aromatic N) is 1. The Bertz CT molecular complexity index is 671. The fourth-order valence-electron chi connectivity index (χ4n) is 2.73. The van der Waals surface area contributed by atoms with Crippen LogP contribution in [-0.4, -0.2) is 23.7 Å². The molecule has 0 bridgehead atoms. The molecule has 108 valence electrons. The van der Waals surface area contributed by atoms with E-state index >= 15 is 0 Å². The van der Waals surface area contributed by atoms with Gasteiger partial charge in [0, 0.05) is 17.1 Å². The zero-order chi connectivity index (χ0) is 14.8. The fraction of sp³-hybridized carbons (Fsp3) is 0.235. The van der Waals surface area contributed by atoms with Gasteiger partial charge in [0.05, 0.1) is 19.1 Å². The zero-order valence-electron chi connectivity index (χ0n) is 11.5. The van der Waals surface area contributed by atoms with Crippen LogP contribution in [0.3, 0.4) is 0 Å². The molecular weight excluding hydrogens is 286 g/mol. The molecule has 21 heavy (non-hydrogen) atoms. The Morgan fingerprint density at radius 3 is 2.86 bits per heavy atom. The highest BCUT2D eigenvalue weighted by Gasteiger charge is 2.26. The third-order valence-electron chi connectivity index (χ3n) is 3.68. The van der Waals surface area contributed by atoms with Crippen molar-refractivity contribution in [3.8, 4) is 0 Å². The van der Waals surface area contributed by atoms with Gasteiger partial charge in [-0.15, -0.1) is 0 Å². The number of hydrogen-bond acceptors (Lipinski definition) is 2. The summed E-state index contributed by atoms with van der Waals surface area (Å²) in [6, 6.07) is 15.0. The van der Waals surface area contributed by atoms with Gasteiger partial charge >= 0.3 is 0 Å². The first-order valence-electron chi connectivity index (χ1n) is 6.94. The highest BCUT2D eigenvalue weighted by atomic mass is 35.5. The number of amides is 1. The molecule has 1 unspecified atom stereocenters. The lowest BCUT2D eigenvalue weighted by Crippen LogP contribution is -2.43. The number of fused-ring (bicyclic) bond motifs is 1. The molecule has 2 aromatic carbocycles. The van der Waals surface area contributed by atoms with E-state index in [0.29, 0.717) is 18.0 Å². The Kier molecular flexibility index (Phi) is 3.95. The number of β-amino-alcohol motifs (C(OH)–C–C–N with tert-alkyl or cyclic N) is 1. The summed E-state index contributed by atoms with van der Waals surface area (Å²) in [5.41, 5.74) is 2.79. The van der Waals surface area contributed by atoms with Crippen molar-refractivity contribution < 1.29 is 9.90 Å². The van der Waals surface area contributed by atoms with E-state index < -0.39 is 6.10 Å². The smallest absolute Gasteiger partial charge is 0.231 e. The molecule has 0 aromatic heterocycles. The monoisotopic (exact) mass is 301 g/mol. The second kappa shape index (κ2) is 5.88. The Labute approximate surface area is 128 Å². The maximum atomic E-state index is 12.6. The molecule has 3 rings (SSSR count). The number of carbonyl (C=O) groups excluding carboxylic acids is 1. The van der Waals surface area contributed by atoms with Crippen molar-refractivity contribution >= 4 is 23.2 Å². The molecule has 1 aliphatic heterocycles. The van der Waals surface area contributed by atoms with Gasteiger partial charge in [-0.05, 0) is 29.3 Å². The van der Waals surface area contributed by atoms with Crippen molar-refractivity contribution in [3.05, 3.63) is 64.7 Å². The van der Waals surface area contributed by atoms with Gasteiger partial charge in [-0.2, -0.15) is 0 Å². The predicted octanol–water partition coefficient (Wildman–Crippen LogP) is 2.83. The maximum Gasteiger partial charge on any atom is 0.231 e. The van der Waals surface area contributed by atoms with E-state index in [1.165, 1.54) is 0 Å². The van der Waals surface area contributed by atoms with E-state index in [1.807, 2.05) is 36.4 Å². The minimum Gasteiger partial charge on any atom is -0.391 e. The first-order valence-corrected chi connectivity index (χ1v) is 7.32. The van der Waals surface area contributed by atoms with Crippen molar-refractivity contribution in [1.29, 1.82) is 0 Å². The average molecular weight is 302 g/mol. The molecule has 0 saturated heterocycles. The summed E-state index contributed by atoms with van der Waals surface area (Å²) >= 11 is 5.95. The minimum atomic E-state index is -0.511. The van der Waals surface area contributed by atoms with Gasteiger partial charge in [-0.25, -0.2) is 0 Å². The normalized spacial score (nSPS) is 17.4. The van der Waals surface area contributed by atoms with Crippen LogP contribution in [0.4, 0.5) is 5.69 Å². The predicted molar refractivity (Wildman–Crippen MR) is 83.7 cm³/mol. The lowest BCUT2D eigenvalue weighted by atomic mass is 9.99. The summed E-state index contributed by atoms with van der Waals surface area (Å²) < 4.78 is 0. The first kappa shape index (κ1) is 14.1. The summed E-state index contributed by atoms with van der Waals surface area (Å²) in [6.45, 7) is 0.344. The third kappa shape index (κ3) is 3.09. The Balaban J connectivity index is 1.85. The van der Waals surface area contributed by atoms with Crippen LogP contribution in [-0.2, 0) is 17.6 Å². The quantitative estimate of drug-likeness (QED) is 0.926. The van der Waals surface area contributed by atoms with Gasteiger partial charge in [-0.3, -0.25) is 4.79 Å². The van der Waals surface area contributed by atoms with Gasteiger partial charge in [0.15, 0.2) is 0 Å². The molecule has 1 heterocycles. The number of hydrogen-bond donors (Lipinski definition) is 1. The van der Waals surface area contributed by atoms with Crippen LogP contribution in [0, 0.1) is 0 Å². The third-order valence-corrected chi connectivity index (χ3v) is 3.91. The highest BCUT2D eigenvalue weighted by molar-refractivity contribution is 6.30. The molecule has 0 radical (unpaired) electrons. The fourth-order valence-corrected chi connectivity index (χ4v) is 2.94. The van der Waals surface area contributed by atoms with Crippen LogP contribution >= 0.6 is 11.6 Å². The lowest BCUT2D eigenvalue weighted by Gasteiger charge is -2.32. The largest absolute Gasteiger partial charge is 0.391 e. The molecule has 3 nitrogen and oxygen atoms in total.